The van der Waals surface area contributed by atoms with E-state index in [2.05, 4.69) is 20.8 Å². The van der Waals surface area contributed by atoms with Crippen molar-refractivity contribution in [2.45, 2.75) is 26.3 Å². The lowest BCUT2D eigenvalue weighted by Gasteiger charge is -2.31. The maximum Gasteiger partial charge on any atom is 0.309 e. The van der Waals surface area contributed by atoms with Crippen LogP contribution in [0.4, 0.5) is 0 Å². The first-order chi connectivity index (χ1) is 8.24. The van der Waals surface area contributed by atoms with E-state index in [9.17, 15) is 9.90 Å². The minimum Gasteiger partial charge on any atom is -0.481 e. The Balaban J connectivity index is 2.97. The molecule has 1 aromatic carbocycles. The lowest BCUT2D eigenvalue weighted by atomic mass is 9.83. The summed E-state index contributed by atoms with van der Waals surface area (Å²) in [6, 6.07) is 8.14. The Morgan fingerprint density at radius 3 is 2.22 bits per heavy atom. The lowest BCUT2D eigenvalue weighted by molar-refractivity contribution is -0.148. The predicted molar refractivity (Wildman–Crippen MR) is 76.6 cm³/mol. The van der Waals surface area contributed by atoms with E-state index in [0.29, 0.717) is 6.42 Å². The first kappa shape index (κ1) is 15.2. The van der Waals surface area contributed by atoms with Gasteiger partial charge < -0.3 is 10.0 Å². The summed E-state index contributed by atoms with van der Waals surface area (Å²) in [6.07, 6.45) is 0.580. The summed E-state index contributed by atoms with van der Waals surface area (Å²) in [7, 11) is 3.95. The highest BCUT2D eigenvalue weighted by Gasteiger charge is 2.32. The van der Waals surface area contributed by atoms with Gasteiger partial charge in [-0.3, -0.25) is 4.79 Å². The number of carboxylic acid groups (broad SMARTS) is 1. The van der Waals surface area contributed by atoms with Gasteiger partial charge in [0.25, 0.3) is 0 Å². The standard InChI is InChI=1S/C14H20BrNO2/c1-14(2,13(17)18)9-12(16(3)4)10-5-7-11(15)8-6-10/h5-8,12H,9H2,1-4H3,(H,17,18). The van der Waals surface area contributed by atoms with Crippen LogP contribution in [0.15, 0.2) is 28.7 Å². The number of halogens is 1. The minimum atomic E-state index is -0.758. The SMILES string of the molecule is CN(C)C(CC(C)(C)C(=O)O)c1ccc(Br)cc1. The van der Waals surface area contributed by atoms with E-state index in [1.165, 1.54) is 0 Å². The average molecular weight is 314 g/mol. The summed E-state index contributed by atoms with van der Waals surface area (Å²) in [4.78, 5) is 13.3. The van der Waals surface area contributed by atoms with Gasteiger partial charge in [0, 0.05) is 10.5 Å². The molecule has 1 atom stereocenters. The molecule has 1 rings (SSSR count). The van der Waals surface area contributed by atoms with Crippen LogP contribution in [0, 0.1) is 5.41 Å². The number of benzene rings is 1. The molecule has 0 radical (unpaired) electrons. The Hall–Kier alpha value is -0.870. The van der Waals surface area contributed by atoms with Crippen molar-refractivity contribution >= 4 is 21.9 Å². The van der Waals surface area contributed by atoms with E-state index in [1.807, 2.05) is 38.4 Å². The van der Waals surface area contributed by atoms with Gasteiger partial charge in [-0.2, -0.15) is 0 Å². The normalized spacial score (nSPS) is 13.7. The molecule has 4 heteroatoms. The average Bonchev–Trinajstić information content (AvgIpc) is 2.27. The summed E-state index contributed by atoms with van der Waals surface area (Å²) < 4.78 is 1.03. The van der Waals surface area contributed by atoms with Crippen LogP contribution in [0.2, 0.25) is 0 Å². The fraction of sp³-hybridized carbons (Fsp3) is 0.500. The molecular formula is C14H20BrNO2. The van der Waals surface area contributed by atoms with Gasteiger partial charge in [-0.05, 0) is 52.1 Å². The third kappa shape index (κ3) is 3.82. The number of rotatable bonds is 5. The summed E-state index contributed by atoms with van der Waals surface area (Å²) >= 11 is 3.41. The van der Waals surface area contributed by atoms with Gasteiger partial charge in [-0.1, -0.05) is 28.1 Å². The van der Waals surface area contributed by atoms with E-state index < -0.39 is 11.4 Å². The van der Waals surface area contributed by atoms with E-state index in [4.69, 9.17) is 0 Å². The van der Waals surface area contributed by atoms with Crippen LogP contribution in [-0.2, 0) is 4.79 Å². The van der Waals surface area contributed by atoms with Gasteiger partial charge in [-0.25, -0.2) is 0 Å². The molecule has 0 aliphatic rings. The highest BCUT2D eigenvalue weighted by Crippen LogP contribution is 2.33. The predicted octanol–water partition coefficient (Wildman–Crippen LogP) is 3.55. The van der Waals surface area contributed by atoms with Crippen LogP contribution in [0.1, 0.15) is 31.9 Å². The van der Waals surface area contributed by atoms with Crippen molar-refractivity contribution in [3.8, 4) is 0 Å². The topological polar surface area (TPSA) is 40.5 Å². The van der Waals surface area contributed by atoms with Crippen molar-refractivity contribution in [2.75, 3.05) is 14.1 Å². The second-order valence-electron chi connectivity index (χ2n) is 5.42. The summed E-state index contributed by atoms with van der Waals surface area (Å²) in [5.41, 5.74) is 0.402. The second kappa shape index (κ2) is 5.85. The van der Waals surface area contributed by atoms with Crippen molar-refractivity contribution in [2.24, 2.45) is 5.41 Å². The minimum absolute atomic E-state index is 0.101. The van der Waals surface area contributed by atoms with Crippen molar-refractivity contribution < 1.29 is 9.90 Å². The van der Waals surface area contributed by atoms with Crippen LogP contribution >= 0.6 is 15.9 Å². The zero-order valence-corrected chi connectivity index (χ0v) is 12.9. The van der Waals surface area contributed by atoms with E-state index in [-0.39, 0.29) is 6.04 Å². The maximum absolute atomic E-state index is 11.2. The van der Waals surface area contributed by atoms with Gasteiger partial charge in [0.05, 0.1) is 5.41 Å². The van der Waals surface area contributed by atoms with Gasteiger partial charge in [-0.15, -0.1) is 0 Å². The van der Waals surface area contributed by atoms with Crippen LogP contribution in [0.3, 0.4) is 0 Å². The van der Waals surface area contributed by atoms with E-state index >= 15 is 0 Å². The first-order valence-corrected chi connectivity index (χ1v) is 6.68. The van der Waals surface area contributed by atoms with Crippen molar-refractivity contribution in [3.63, 3.8) is 0 Å². The molecule has 1 unspecified atom stereocenters. The molecular weight excluding hydrogens is 294 g/mol. The Morgan fingerprint density at radius 1 is 1.33 bits per heavy atom. The highest BCUT2D eigenvalue weighted by molar-refractivity contribution is 9.10. The molecule has 0 saturated carbocycles. The molecule has 0 saturated heterocycles. The Kier molecular flexibility index (Phi) is 4.93. The number of hydrogen-bond donors (Lipinski definition) is 1. The van der Waals surface area contributed by atoms with Gasteiger partial charge in [0.15, 0.2) is 0 Å². The molecule has 3 nitrogen and oxygen atoms in total. The molecule has 0 aliphatic carbocycles. The summed E-state index contributed by atoms with van der Waals surface area (Å²) in [6.45, 7) is 3.54. The maximum atomic E-state index is 11.2. The Labute approximate surface area is 117 Å². The summed E-state index contributed by atoms with van der Waals surface area (Å²) in [5, 5.41) is 9.24. The number of nitrogens with zero attached hydrogens (tertiary/aromatic N) is 1. The second-order valence-corrected chi connectivity index (χ2v) is 6.34. The number of carbonyl (C=O) groups is 1. The van der Waals surface area contributed by atoms with E-state index in [0.717, 1.165) is 10.0 Å². The Morgan fingerprint density at radius 2 is 1.83 bits per heavy atom. The molecule has 0 amide bonds. The monoisotopic (exact) mass is 313 g/mol. The summed E-state index contributed by atoms with van der Waals surface area (Å²) in [5.74, 6) is -0.758. The fourth-order valence-corrected chi connectivity index (χ4v) is 2.12. The van der Waals surface area contributed by atoms with Crippen LogP contribution in [0.5, 0.6) is 0 Å². The molecule has 0 fully saturated rings. The van der Waals surface area contributed by atoms with Gasteiger partial charge >= 0.3 is 5.97 Å². The molecule has 1 aromatic rings. The van der Waals surface area contributed by atoms with E-state index in [1.54, 1.807) is 13.8 Å². The zero-order valence-electron chi connectivity index (χ0n) is 11.3. The van der Waals surface area contributed by atoms with Crippen molar-refractivity contribution in [1.29, 1.82) is 0 Å². The zero-order chi connectivity index (χ0) is 13.9. The smallest absolute Gasteiger partial charge is 0.309 e. The van der Waals surface area contributed by atoms with Crippen LogP contribution in [-0.4, -0.2) is 30.1 Å². The molecule has 0 bridgehead atoms. The molecule has 1 N–H and O–H groups in total. The molecule has 0 heterocycles. The number of aliphatic carboxylic acids is 1. The third-order valence-corrected chi connectivity index (χ3v) is 3.69. The highest BCUT2D eigenvalue weighted by atomic mass is 79.9. The largest absolute Gasteiger partial charge is 0.481 e. The van der Waals surface area contributed by atoms with Crippen LogP contribution < -0.4 is 0 Å². The Bertz CT molecular complexity index is 412. The molecule has 0 spiro atoms. The molecule has 100 valence electrons. The third-order valence-electron chi connectivity index (χ3n) is 3.16. The molecule has 18 heavy (non-hydrogen) atoms. The number of hydrogen-bond acceptors (Lipinski definition) is 2. The quantitative estimate of drug-likeness (QED) is 0.903. The molecule has 0 aliphatic heterocycles. The fourth-order valence-electron chi connectivity index (χ4n) is 1.85. The van der Waals surface area contributed by atoms with Crippen molar-refractivity contribution in [1.82, 2.24) is 4.90 Å². The van der Waals surface area contributed by atoms with Crippen molar-refractivity contribution in [3.05, 3.63) is 34.3 Å². The van der Waals surface area contributed by atoms with Gasteiger partial charge in [0.1, 0.15) is 0 Å². The van der Waals surface area contributed by atoms with Gasteiger partial charge in [0.2, 0.25) is 0 Å². The first-order valence-electron chi connectivity index (χ1n) is 5.89. The molecule has 0 aromatic heterocycles. The van der Waals surface area contributed by atoms with Crippen LogP contribution in [0.25, 0.3) is 0 Å². The lowest BCUT2D eigenvalue weighted by Crippen LogP contribution is -2.31. The number of carboxylic acids is 1.